The second-order valence-electron chi connectivity index (χ2n) is 4.16. The molecule has 0 bridgehead atoms. The van der Waals surface area contributed by atoms with Crippen LogP contribution >= 0.6 is 12.6 Å². The summed E-state index contributed by atoms with van der Waals surface area (Å²) >= 11 is 4.22. The Morgan fingerprint density at radius 1 is 1.53 bits per heavy atom. The molecule has 2 rings (SSSR count). The zero-order valence-corrected chi connectivity index (χ0v) is 9.13. The second-order valence-corrected chi connectivity index (χ2v) is 4.64. The number of benzene rings is 1. The van der Waals surface area contributed by atoms with Crippen LogP contribution in [0.2, 0.25) is 0 Å². The van der Waals surface area contributed by atoms with Crippen LogP contribution in [0.5, 0.6) is 0 Å². The molecule has 1 aromatic rings. The van der Waals surface area contributed by atoms with Gasteiger partial charge in [0.2, 0.25) is 0 Å². The molecule has 3 nitrogen and oxygen atoms in total. The summed E-state index contributed by atoms with van der Waals surface area (Å²) in [5, 5.41) is 9.05. The highest BCUT2D eigenvalue weighted by Gasteiger charge is 2.49. The van der Waals surface area contributed by atoms with Gasteiger partial charge in [-0.1, -0.05) is 6.07 Å². The van der Waals surface area contributed by atoms with Crippen LogP contribution in [0.15, 0.2) is 23.1 Å². The van der Waals surface area contributed by atoms with Crippen LogP contribution in [0.4, 0.5) is 5.69 Å². The fourth-order valence-electron chi connectivity index (χ4n) is 1.71. The Morgan fingerprint density at radius 2 is 2.20 bits per heavy atom. The summed E-state index contributed by atoms with van der Waals surface area (Å²) in [5.41, 5.74) is 6.74. The molecule has 15 heavy (non-hydrogen) atoms. The maximum Gasteiger partial charge on any atom is 0.309 e. The van der Waals surface area contributed by atoms with E-state index in [9.17, 15) is 4.79 Å². The molecular weight excluding hydrogens is 210 g/mol. The predicted octanol–water partition coefficient (Wildman–Crippen LogP) is 1.96. The van der Waals surface area contributed by atoms with E-state index >= 15 is 0 Å². The molecule has 0 saturated heterocycles. The van der Waals surface area contributed by atoms with Crippen LogP contribution in [-0.2, 0) is 11.2 Å². The Morgan fingerprint density at radius 3 is 2.67 bits per heavy atom. The molecule has 0 radical (unpaired) electrons. The number of aliphatic carboxylic acids is 1. The van der Waals surface area contributed by atoms with Crippen LogP contribution in [0.1, 0.15) is 18.4 Å². The van der Waals surface area contributed by atoms with E-state index in [1.807, 2.05) is 12.1 Å². The van der Waals surface area contributed by atoms with Gasteiger partial charge in [0, 0.05) is 10.6 Å². The van der Waals surface area contributed by atoms with Crippen molar-refractivity contribution in [1.82, 2.24) is 0 Å². The number of carbonyl (C=O) groups is 1. The first kappa shape index (κ1) is 10.4. The monoisotopic (exact) mass is 223 g/mol. The van der Waals surface area contributed by atoms with E-state index in [4.69, 9.17) is 10.8 Å². The second kappa shape index (κ2) is 3.45. The zero-order chi connectivity index (χ0) is 11.1. The van der Waals surface area contributed by atoms with Crippen molar-refractivity contribution in [3.05, 3.63) is 23.8 Å². The number of thiol groups is 1. The molecule has 0 heterocycles. The fraction of sp³-hybridized carbons (Fsp3) is 0.364. The van der Waals surface area contributed by atoms with E-state index < -0.39 is 11.4 Å². The van der Waals surface area contributed by atoms with Gasteiger partial charge in [-0.15, -0.1) is 12.6 Å². The quantitative estimate of drug-likeness (QED) is 0.542. The van der Waals surface area contributed by atoms with E-state index in [0.717, 1.165) is 18.4 Å². The maximum absolute atomic E-state index is 11.0. The number of anilines is 1. The van der Waals surface area contributed by atoms with E-state index in [-0.39, 0.29) is 0 Å². The number of carboxylic acids is 1. The minimum Gasteiger partial charge on any atom is -0.481 e. The summed E-state index contributed by atoms with van der Waals surface area (Å²) in [4.78, 5) is 11.7. The summed E-state index contributed by atoms with van der Waals surface area (Å²) in [6.07, 6.45) is 2.12. The molecule has 0 unspecified atom stereocenters. The lowest BCUT2D eigenvalue weighted by molar-refractivity contribution is -0.143. The Balaban J connectivity index is 2.18. The molecule has 1 fully saturated rings. The molecule has 1 aliphatic rings. The maximum atomic E-state index is 11.0. The highest BCUT2D eigenvalue weighted by molar-refractivity contribution is 7.80. The third-order valence-electron chi connectivity index (χ3n) is 2.94. The predicted molar refractivity (Wildman–Crippen MR) is 61.1 cm³/mol. The van der Waals surface area contributed by atoms with Gasteiger partial charge in [0.25, 0.3) is 0 Å². The molecule has 0 atom stereocenters. The third-order valence-corrected chi connectivity index (χ3v) is 3.33. The van der Waals surface area contributed by atoms with E-state index in [1.54, 1.807) is 6.07 Å². The summed E-state index contributed by atoms with van der Waals surface area (Å²) in [6, 6.07) is 5.50. The average molecular weight is 223 g/mol. The van der Waals surface area contributed by atoms with E-state index in [2.05, 4.69) is 12.6 Å². The van der Waals surface area contributed by atoms with Crippen molar-refractivity contribution in [3.63, 3.8) is 0 Å². The van der Waals surface area contributed by atoms with Crippen LogP contribution in [0, 0.1) is 5.41 Å². The van der Waals surface area contributed by atoms with Crippen LogP contribution < -0.4 is 5.73 Å². The molecule has 1 aliphatic carbocycles. The Labute approximate surface area is 93.7 Å². The highest BCUT2D eigenvalue weighted by Crippen LogP contribution is 2.48. The minimum absolute atomic E-state index is 0.518. The van der Waals surface area contributed by atoms with Crippen LogP contribution in [0.25, 0.3) is 0 Å². The van der Waals surface area contributed by atoms with Gasteiger partial charge in [-0.3, -0.25) is 4.79 Å². The molecular formula is C11H13NO2S. The van der Waals surface area contributed by atoms with Gasteiger partial charge in [-0.05, 0) is 37.0 Å². The largest absolute Gasteiger partial charge is 0.481 e. The average Bonchev–Trinajstić information content (AvgIpc) is 2.93. The van der Waals surface area contributed by atoms with Gasteiger partial charge in [-0.2, -0.15) is 0 Å². The molecule has 4 heteroatoms. The highest BCUT2D eigenvalue weighted by atomic mass is 32.1. The number of rotatable bonds is 3. The van der Waals surface area contributed by atoms with Gasteiger partial charge in [-0.25, -0.2) is 0 Å². The van der Waals surface area contributed by atoms with Crippen molar-refractivity contribution < 1.29 is 9.90 Å². The van der Waals surface area contributed by atoms with E-state index in [0.29, 0.717) is 17.0 Å². The SMILES string of the molecule is Nc1ccc(CC2(C(=O)O)CC2)cc1S. The molecule has 0 aliphatic heterocycles. The molecule has 0 spiro atoms. The first-order chi connectivity index (χ1) is 7.03. The Kier molecular flexibility index (Phi) is 2.38. The van der Waals surface area contributed by atoms with E-state index in [1.165, 1.54) is 0 Å². The molecule has 80 valence electrons. The Bertz CT molecular complexity index is 413. The van der Waals surface area contributed by atoms with Crippen LogP contribution in [0.3, 0.4) is 0 Å². The molecule has 1 saturated carbocycles. The topological polar surface area (TPSA) is 63.3 Å². The van der Waals surface area contributed by atoms with Crippen molar-refractivity contribution in [2.45, 2.75) is 24.2 Å². The summed E-state index contributed by atoms with van der Waals surface area (Å²) in [6.45, 7) is 0. The first-order valence-electron chi connectivity index (χ1n) is 4.84. The summed E-state index contributed by atoms with van der Waals surface area (Å²) < 4.78 is 0. The van der Waals surface area contributed by atoms with Crippen molar-refractivity contribution >= 4 is 24.3 Å². The van der Waals surface area contributed by atoms with Gasteiger partial charge in [0.15, 0.2) is 0 Å². The lowest BCUT2D eigenvalue weighted by Gasteiger charge is -2.10. The minimum atomic E-state index is -0.694. The van der Waals surface area contributed by atoms with Crippen molar-refractivity contribution in [2.24, 2.45) is 5.41 Å². The fourth-order valence-corrected chi connectivity index (χ4v) is 1.95. The lowest BCUT2D eigenvalue weighted by atomic mass is 9.96. The molecule has 0 aromatic heterocycles. The van der Waals surface area contributed by atoms with Crippen LogP contribution in [-0.4, -0.2) is 11.1 Å². The number of hydrogen-bond donors (Lipinski definition) is 3. The third kappa shape index (κ3) is 1.95. The van der Waals surface area contributed by atoms with Crippen molar-refractivity contribution in [1.29, 1.82) is 0 Å². The first-order valence-corrected chi connectivity index (χ1v) is 5.29. The summed E-state index contributed by atoms with van der Waals surface area (Å²) in [5.74, 6) is -0.694. The zero-order valence-electron chi connectivity index (χ0n) is 8.23. The summed E-state index contributed by atoms with van der Waals surface area (Å²) in [7, 11) is 0. The van der Waals surface area contributed by atoms with Crippen molar-refractivity contribution in [3.8, 4) is 0 Å². The lowest BCUT2D eigenvalue weighted by Crippen LogP contribution is -2.17. The Hall–Kier alpha value is -1.16. The molecule has 1 aromatic carbocycles. The normalized spacial score (nSPS) is 17.4. The number of carboxylic acid groups (broad SMARTS) is 1. The number of nitrogen functional groups attached to an aromatic ring is 1. The van der Waals surface area contributed by atoms with Gasteiger partial charge in [0.1, 0.15) is 0 Å². The van der Waals surface area contributed by atoms with Crippen molar-refractivity contribution in [2.75, 3.05) is 5.73 Å². The molecule has 0 amide bonds. The molecule has 3 N–H and O–H groups in total. The van der Waals surface area contributed by atoms with Gasteiger partial charge >= 0.3 is 5.97 Å². The smallest absolute Gasteiger partial charge is 0.309 e. The standard InChI is InChI=1S/C11H13NO2S/c12-8-2-1-7(5-9(8)15)6-11(3-4-11)10(13)14/h1-2,5,15H,3-4,6,12H2,(H,13,14). The van der Waals surface area contributed by atoms with Gasteiger partial charge in [0.05, 0.1) is 5.41 Å². The van der Waals surface area contributed by atoms with Gasteiger partial charge < -0.3 is 10.8 Å². The number of nitrogens with two attached hydrogens (primary N) is 1. The number of hydrogen-bond acceptors (Lipinski definition) is 3.